The molecule has 106 valence electrons. The highest BCUT2D eigenvalue weighted by Crippen LogP contribution is 2.33. The fraction of sp³-hybridized carbons (Fsp3) is 0.214. The summed E-state index contributed by atoms with van der Waals surface area (Å²) in [4.78, 5) is 4.28. The van der Waals surface area contributed by atoms with Gasteiger partial charge in [0.25, 0.3) is 0 Å². The molecule has 1 atom stereocenters. The molecule has 0 aliphatic heterocycles. The van der Waals surface area contributed by atoms with Crippen molar-refractivity contribution in [1.82, 2.24) is 10.4 Å². The molecule has 0 radical (unpaired) electrons. The molecule has 0 saturated carbocycles. The van der Waals surface area contributed by atoms with Crippen LogP contribution < -0.4 is 20.7 Å². The molecule has 1 aromatic carbocycles. The van der Waals surface area contributed by atoms with Crippen LogP contribution in [0.5, 0.6) is 11.5 Å². The van der Waals surface area contributed by atoms with Gasteiger partial charge in [-0.05, 0) is 29.8 Å². The second kappa shape index (κ2) is 6.56. The first-order chi connectivity index (χ1) is 9.71. The number of hydrazine groups is 1. The lowest BCUT2D eigenvalue weighted by atomic mass is 10.0. The molecule has 2 rings (SSSR count). The maximum absolute atomic E-state index is 6.17. The van der Waals surface area contributed by atoms with Crippen molar-refractivity contribution in [2.45, 2.75) is 6.04 Å². The molecular weight excluding hydrogens is 278 g/mol. The standard InChI is InChI=1S/C14H16ClN3O2/c1-19-11-6-5-9(8-12(11)20-2)13(18-16)14-10(15)4-3-7-17-14/h3-8,13,18H,16H2,1-2H3. The zero-order valence-electron chi connectivity index (χ0n) is 11.3. The summed E-state index contributed by atoms with van der Waals surface area (Å²) >= 11 is 6.17. The monoisotopic (exact) mass is 293 g/mol. The molecule has 1 heterocycles. The third-order valence-electron chi connectivity index (χ3n) is 2.97. The highest BCUT2D eigenvalue weighted by atomic mass is 35.5. The molecule has 1 aromatic heterocycles. The van der Waals surface area contributed by atoms with Crippen LogP contribution in [-0.4, -0.2) is 19.2 Å². The summed E-state index contributed by atoms with van der Waals surface area (Å²) in [5, 5.41) is 0.547. The molecule has 5 nitrogen and oxygen atoms in total. The van der Waals surface area contributed by atoms with Crippen LogP contribution in [0.4, 0.5) is 0 Å². The average molecular weight is 294 g/mol. The van der Waals surface area contributed by atoms with Crippen molar-refractivity contribution in [3.05, 3.63) is 52.8 Å². The Bertz CT molecular complexity index is 592. The third-order valence-corrected chi connectivity index (χ3v) is 3.29. The first-order valence-electron chi connectivity index (χ1n) is 5.99. The minimum atomic E-state index is -0.330. The van der Waals surface area contributed by atoms with E-state index in [-0.39, 0.29) is 6.04 Å². The van der Waals surface area contributed by atoms with Gasteiger partial charge in [-0.1, -0.05) is 17.7 Å². The van der Waals surface area contributed by atoms with E-state index in [2.05, 4.69) is 10.4 Å². The van der Waals surface area contributed by atoms with Crippen LogP contribution in [0.1, 0.15) is 17.3 Å². The van der Waals surface area contributed by atoms with Gasteiger partial charge in [0.15, 0.2) is 11.5 Å². The van der Waals surface area contributed by atoms with E-state index in [0.717, 1.165) is 5.56 Å². The molecule has 3 N–H and O–H groups in total. The van der Waals surface area contributed by atoms with Gasteiger partial charge in [0, 0.05) is 6.20 Å². The number of nitrogens with one attached hydrogen (secondary N) is 1. The molecule has 0 spiro atoms. The highest BCUT2D eigenvalue weighted by molar-refractivity contribution is 6.31. The number of rotatable bonds is 5. The Kier molecular flexibility index (Phi) is 4.79. The Morgan fingerprint density at radius 1 is 1.20 bits per heavy atom. The quantitative estimate of drug-likeness (QED) is 0.654. The van der Waals surface area contributed by atoms with Gasteiger partial charge in [-0.3, -0.25) is 10.8 Å². The smallest absolute Gasteiger partial charge is 0.161 e. The number of hydrogen-bond donors (Lipinski definition) is 2. The zero-order valence-corrected chi connectivity index (χ0v) is 12.0. The van der Waals surface area contributed by atoms with Crippen LogP contribution in [0.25, 0.3) is 0 Å². The van der Waals surface area contributed by atoms with E-state index in [1.54, 1.807) is 32.5 Å². The summed E-state index contributed by atoms with van der Waals surface area (Å²) in [7, 11) is 3.17. The van der Waals surface area contributed by atoms with E-state index < -0.39 is 0 Å². The van der Waals surface area contributed by atoms with Gasteiger partial charge >= 0.3 is 0 Å². The summed E-state index contributed by atoms with van der Waals surface area (Å²) < 4.78 is 10.5. The highest BCUT2D eigenvalue weighted by Gasteiger charge is 2.18. The third kappa shape index (κ3) is 2.85. The number of ether oxygens (including phenoxy) is 2. The van der Waals surface area contributed by atoms with Crippen molar-refractivity contribution >= 4 is 11.6 Å². The molecule has 0 aliphatic rings. The first-order valence-corrected chi connectivity index (χ1v) is 6.37. The molecule has 0 saturated heterocycles. The molecule has 0 fully saturated rings. The predicted molar refractivity (Wildman–Crippen MR) is 78.0 cm³/mol. The van der Waals surface area contributed by atoms with E-state index in [1.165, 1.54) is 0 Å². The van der Waals surface area contributed by atoms with E-state index in [4.69, 9.17) is 26.9 Å². The van der Waals surface area contributed by atoms with E-state index in [1.807, 2.05) is 18.2 Å². The van der Waals surface area contributed by atoms with Gasteiger partial charge in [-0.15, -0.1) is 0 Å². The van der Waals surface area contributed by atoms with Crippen LogP contribution in [0.2, 0.25) is 5.02 Å². The van der Waals surface area contributed by atoms with Crippen LogP contribution >= 0.6 is 11.6 Å². The lowest BCUT2D eigenvalue weighted by Crippen LogP contribution is -2.29. The summed E-state index contributed by atoms with van der Waals surface area (Å²) in [6.07, 6.45) is 1.67. The Labute approximate surface area is 122 Å². The van der Waals surface area contributed by atoms with Crippen molar-refractivity contribution < 1.29 is 9.47 Å². The first kappa shape index (κ1) is 14.6. The number of halogens is 1. The summed E-state index contributed by atoms with van der Waals surface area (Å²) in [5.41, 5.74) is 4.26. The topological polar surface area (TPSA) is 69.4 Å². The Hall–Kier alpha value is -1.82. The zero-order chi connectivity index (χ0) is 14.5. The van der Waals surface area contributed by atoms with E-state index in [9.17, 15) is 0 Å². The average Bonchev–Trinajstić information content (AvgIpc) is 2.49. The summed E-state index contributed by atoms with van der Waals surface area (Å²) in [5.74, 6) is 6.92. The minimum Gasteiger partial charge on any atom is -0.493 e. The molecular formula is C14H16ClN3O2. The molecule has 20 heavy (non-hydrogen) atoms. The van der Waals surface area contributed by atoms with Gasteiger partial charge in [0.2, 0.25) is 0 Å². The maximum atomic E-state index is 6.17. The van der Waals surface area contributed by atoms with Crippen molar-refractivity contribution in [3.8, 4) is 11.5 Å². The maximum Gasteiger partial charge on any atom is 0.161 e. The number of pyridine rings is 1. The van der Waals surface area contributed by atoms with Gasteiger partial charge in [0.05, 0.1) is 31.0 Å². The predicted octanol–water partition coefficient (Wildman–Crippen LogP) is 2.30. The second-order valence-corrected chi connectivity index (χ2v) is 4.49. The normalized spacial score (nSPS) is 12.0. The summed E-state index contributed by atoms with van der Waals surface area (Å²) in [6.45, 7) is 0. The minimum absolute atomic E-state index is 0.330. The Balaban J connectivity index is 2.45. The van der Waals surface area contributed by atoms with Gasteiger partial charge < -0.3 is 9.47 Å². The van der Waals surface area contributed by atoms with Crippen molar-refractivity contribution in [3.63, 3.8) is 0 Å². The Morgan fingerprint density at radius 2 is 1.95 bits per heavy atom. The molecule has 1 unspecified atom stereocenters. The van der Waals surface area contributed by atoms with E-state index >= 15 is 0 Å². The van der Waals surface area contributed by atoms with Crippen LogP contribution in [-0.2, 0) is 0 Å². The number of benzene rings is 1. The fourth-order valence-electron chi connectivity index (χ4n) is 1.98. The second-order valence-electron chi connectivity index (χ2n) is 4.08. The summed E-state index contributed by atoms with van der Waals surface area (Å²) in [6, 6.07) is 8.76. The number of nitrogens with two attached hydrogens (primary N) is 1. The van der Waals surface area contributed by atoms with Crippen LogP contribution in [0.3, 0.4) is 0 Å². The lowest BCUT2D eigenvalue weighted by molar-refractivity contribution is 0.354. The van der Waals surface area contributed by atoms with Crippen LogP contribution in [0.15, 0.2) is 36.5 Å². The molecule has 2 aromatic rings. The van der Waals surface area contributed by atoms with Crippen molar-refractivity contribution in [2.24, 2.45) is 5.84 Å². The SMILES string of the molecule is COc1ccc(C(NN)c2ncccc2Cl)cc1OC. The van der Waals surface area contributed by atoms with Gasteiger partial charge in [-0.25, -0.2) is 5.43 Å². The molecule has 0 amide bonds. The van der Waals surface area contributed by atoms with E-state index in [0.29, 0.717) is 22.2 Å². The van der Waals surface area contributed by atoms with Crippen molar-refractivity contribution in [1.29, 1.82) is 0 Å². The lowest BCUT2D eigenvalue weighted by Gasteiger charge is -2.18. The molecule has 0 bridgehead atoms. The molecule has 0 aliphatic carbocycles. The number of hydrogen-bond acceptors (Lipinski definition) is 5. The molecule has 6 heteroatoms. The van der Waals surface area contributed by atoms with Crippen molar-refractivity contribution in [2.75, 3.05) is 14.2 Å². The number of nitrogens with zero attached hydrogens (tertiary/aromatic N) is 1. The van der Waals surface area contributed by atoms with Gasteiger partial charge in [-0.2, -0.15) is 0 Å². The largest absolute Gasteiger partial charge is 0.493 e. The number of methoxy groups -OCH3 is 2. The fourth-order valence-corrected chi connectivity index (χ4v) is 2.21. The Morgan fingerprint density at radius 3 is 2.55 bits per heavy atom. The number of aromatic nitrogens is 1. The van der Waals surface area contributed by atoms with Crippen LogP contribution in [0, 0.1) is 0 Å². The van der Waals surface area contributed by atoms with Gasteiger partial charge in [0.1, 0.15) is 0 Å².